The number of hydrogen-bond donors (Lipinski definition) is 1. The Hall–Kier alpha value is -0.960. The Bertz CT molecular complexity index is 294. The van der Waals surface area contributed by atoms with Gasteiger partial charge < -0.3 is 5.32 Å². The van der Waals surface area contributed by atoms with Gasteiger partial charge in [-0.2, -0.15) is 0 Å². The molecule has 64 valence electrons. The molecule has 0 aromatic carbocycles. The third-order valence-electron chi connectivity index (χ3n) is 2.16. The second-order valence-corrected chi connectivity index (χ2v) is 3.23. The topological polar surface area (TPSA) is 24.9 Å². The van der Waals surface area contributed by atoms with E-state index in [9.17, 15) is 4.39 Å². The van der Waals surface area contributed by atoms with Crippen LogP contribution in [0.25, 0.3) is 0 Å². The summed E-state index contributed by atoms with van der Waals surface area (Å²) >= 11 is 0. The van der Waals surface area contributed by atoms with Crippen molar-refractivity contribution < 1.29 is 4.39 Å². The van der Waals surface area contributed by atoms with Gasteiger partial charge in [-0.1, -0.05) is 6.07 Å². The number of nitrogens with one attached hydrogen (secondary N) is 1. The van der Waals surface area contributed by atoms with Crippen molar-refractivity contribution in [2.45, 2.75) is 12.6 Å². The van der Waals surface area contributed by atoms with Crippen molar-refractivity contribution >= 4 is 0 Å². The molecule has 0 bridgehead atoms. The van der Waals surface area contributed by atoms with Gasteiger partial charge in [0, 0.05) is 18.8 Å². The molecule has 12 heavy (non-hydrogen) atoms. The average Bonchev–Trinajstić information content (AvgIpc) is 2.00. The van der Waals surface area contributed by atoms with Crippen LogP contribution in [0.2, 0.25) is 0 Å². The van der Waals surface area contributed by atoms with E-state index < -0.39 is 5.67 Å². The fraction of sp³-hybridized carbons (Fsp3) is 0.444. The zero-order valence-electron chi connectivity index (χ0n) is 6.97. The minimum atomic E-state index is -1.22. The van der Waals surface area contributed by atoms with Crippen LogP contribution in [-0.4, -0.2) is 18.1 Å². The van der Waals surface area contributed by atoms with Crippen molar-refractivity contribution in [2.75, 3.05) is 13.1 Å². The van der Waals surface area contributed by atoms with Gasteiger partial charge >= 0.3 is 0 Å². The number of aromatic nitrogens is 1. The van der Waals surface area contributed by atoms with E-state index in [1.54, 1.807) is 6.07 Å². The molecule has 1 aromatic heterocycles. The zero-order valence-corrected chi connectivity index (χ0v) is 6.97. The summed E-state index contributed by atoms with van der Waals surface area (Å²) in [5.41, 5.74) is 0.212. The highest BCUT2D eigenvalue weighted by Crippen LogP contribution is 2.28. The maximum absolute atomic E-state index is 13.7. The van der Waals surface area contributed by atoms with Crippen LogP contribution in [0.15, 0.2) is 18.2 Å². The molecule has 1 aliphatic heterocycles. The number of aryl methyl sites for hydroxylation is 1. The van der Waals surface area contributed by atoms with Gasteiger partial charge in [-0.05, 0) is 19.1 Å². The highest BCUT2D eigenvalue weighted by atomic mass is 19.1. The number of alkyl halides is 1. The first kappa shape index (κ1) is 7.68. The molecule has 1 aromatic rings. The third-order valence-corrected chi connectivity index (χ3v) is 2.16. The van der Waals surface area contributed by atoms with Crippen LogP contribution in [0.4, 0.5) is 4.39 Å². The van der Waals surface area contributed by atoms with E-state index in [1.165, 1.54) is 0 Å². The van der Waals surface area contributed by atoms with E-state index in [2.05, 4.69) is 10.3 Å². The van der Waals surface area contributed by atoms with Crippen LogP contribution in [0, 0.1) is 6.92 Å². The second kappa shape index (κ2) is 2.52. The zero-order chi connectivity index (χ0) is 8.60. The molecule has 0 unspecified atom stereocenters. The Morgan fingerprint density at radius 1 is 1.50 bits per heavy atom. The minimum absolute atomic E-state index is 0.392. The highest BCUT2D eigenvalue weighted by Gasteiger charge is 2.40. The SMILES string of the molecule is Cc1cccc(C2(F)CNC2)n1. The summed E-state index contributed by atoms with van der Waals surface area (Å²) in [6.07, 6.45) is 0. The summed E-state index contributed by atoms with van der Waals surface area (Å²) in [6.45, 7) is 2.66. The summed E-state index contributed by atoms with van der Waals surface area (Å²) in [7, 11) is 0. The lowest BCUT2D eigenvalue weighted by atomic mass is 9.94. The van der Waals surface area contributed by atoms with E-state index >= 15 is 0 Å². The Morgan fingerprint density at radius 2 is 2.25 bits per heavy atom. The van der Waals surface area contributed by atoms with Crippen LogP contribution >= 0.6 is 0 Å². The van der Waals surface area contributed by atoms with Gasteiger partial charge in [0.15, 0.2) is 5.67 Å². The van der Waals surface area contributed by atoms with Crippen molar-refractivity contribution in [3.8, 4) is 0 Å². The van der Waals surface area contributed by atoms with Crippen LogP contribution in [-0.2, 0) is 5.67 Å². The molecule has 2 nitrogen and oxygen atoms in total. The first-order valence-corrected chi connectivity index (χ1v) is 4.04. The van der Waals surface area contributed by atoms with Crippen molar-refractivity contribution in [1.82, 2.24) is 10.3 Å². The third kappa shape index (κ3) is 1.10. The maximum atomic E-state index is 13.7. The Kier molecular flexibility index (Phi) is 1.61. The normalized spacial score (nSPS) is 20.2. The Balaban J connectivity index is 2.33. The van der Waals surface area contributed by atoms with Crippen LogP contribution in [0.1, 0.15) is 11.4 Å². The van der Waals surface area contributed by atoms with Crippen molar-refractivity contribution in [1.29, 1.82) is 0 Å². The molecule has 0 amide bonds. The van der Waals surface area contributed by atoms with Crippen LogP contribution in [0.3, 0.4) is 0 Å². The van der Waals surface area contributed by atoms with E-state index in [-0.39, 0.29) is 0 Å². The van der Waals surface area contributed by atoms with E-state index in [1.807, 2.05) is 19.1 Å². The summed E-state index contributed by atoms with van der Waals surface area (Å²) in [6, 6.07) is 5.46. The molecule has 1 N–H and O–H groups in total. The molecule has 1 saturated heterocycles. The molecule has 0 radical (unpaired) electrons. The van der Waals surface area contributed by atoms with Gasteiger partial charge in [0.25, 0.3) is 0 Å². The van der Waals surface area contributed by atoms with Gasteiger partial charge in [0.05, 0.1) is 5.69 Å². The predicted molar refractivity (Wildman–Crippen MR) is 44.6 cm³/mol. The minimum Gasteiger partial charge on any atom is -0.309 e. The summed E-state index contributed by atoms with van der Waals surface area (Å²) < 4.78 is 13.7. The highest BCUT2D eigenvalue weighted by molar-refractivity contribution is 5.20. The second-order valence-electron chi connectivity index (χ2n) is 3.23. The van der Waals surface area contributed by atoms with Gasteiger partial charge in [-0.3, -0.25) is 4.98 Å². The summed E-state index contributed by atoms with van der Waals surface area (Å²) in [5.74, 6) is 0. The predicted octanol–water partition coefficient (Wildman–Crippen LogP) is 1.16. The molecular weight excluding hydrogens is 155 g/mol. The van der Waals surface area contributed by atoms with E-state index in [4.69, 9.17) is 0 Å². The first-order valence-electron chi connectivity index (χ1n) is 4.04. The van der Waals surface area contributed by atoms with Crippen molar-refractivity contribution in [3.63, 3.8) is 0 Å². The lowest BCUT2D eigenvalue weighted by Gasteiger charge is -2.34. The van der Waals surface area contributed by atoms with Gasteiger partial charge in [-0.15, -0.1) is 0 Å². The molecular formula is C9H11FN2. The summed E-state index contributed by atoms with van der Waals surface area (Å²) in [5, 5.41) is 2.90. The maximum Gasteiger partial charge on any atom is 0.177 e. The van der Waals surface area contributed by atoms with Crippen LogP contribution in [0.5, 0.6) is 0 Å². The Morgan fingerprint density at radius 3 is 2.75 bits per heavy atom. The fourth-order valence-electron chi connectivity index (χ4n) is 1.32. The van der Waals surface area contributed by atoms with Crippen LogP contribution < -0.4 is 5.32 Å². The number of nitrogens with zero attached hydrogens (tertiary/aromatic N) is 1. The first-order chi connectivity index (χ1) is 5.71. The molecule has 0 saturated carbocycles. The number of pyridine rings is 1. The van der Waals surface area contributed by atoms with Crippen molar-refractivity contribution in [2.24, 2.45) is 0 Å². The van der Waals surface area contributed by atoms with Gasteiger partial charge in [0.1, 0.15) is 0 Å². The van der Waals surface area contributed by atoms with E-state index in [0.29, 0.717) is 18.8 Å². The fourth-order valence-corrected chi connectivity index (χ4v) is 1.32. The average molecular weight is 166 g/mol. The smallest absolute Gasteiger partial charge is 0.177 e. The Labute approximate surface area is 70.8 Å². The standard InChI is InChI=1S/C9H11FN2/c1-7-3-2-4-8(12-7)9(10)5-11-6-9/h2-4,11H,5-6H2,1H3. The van der Waals surface area contributed by atoms with E-state index in [0.717, 1.165) is 5.69 Å². The lowest BCUT2D eigenvalue weighted by molar-refractivity contribution is 0.0839. The molecule has 0 spiro atoms. The molecule has 2 heterocycles. The molecule has 0 atom stereocenters. The van der Waals surface area contributed by atoms with Gasteiger partial charge in [0.2, 0.25) is 0 Å². The van der Waals surface area contributed by atoms with Crippen molar-refractivity contribution in [3.05, 3.63) is 29.6 Å². The quantitative estimate of drug-likeness (QED) is 0.677. The molecule has 1 fully saturated rings. The van der Waals surface area contributed by atoms with Gasteiger partial charge in [-0.25, -0.2) is 4.39 Å². The largest absolute Gasteiger partial charge is 0.309 e. The molecule has 0 aliphatic carbocycles. The lowest BCUT2D eigenvalue weighted by Crippen LogP contribution is -2.54. The molecule has 1 aliphatic rings. The molecule has 3 heteroatoms. The number of halogens is 1. The molecule has 2 rings (SSSR count). The monoisotopic (exact) mass is 166 g/mol. The number of rotatable bonds is 1. The summed E-state index contributed by atoms with van der Waals surface area (Å²) in [4.78, 5) is 4.15. The number of hydrogen-bond acceptors (Lipinski definition) is 2.